The lowest BCUT2D eigenvalue weighted by Crippen LogP contribution is -2.40. The number of halogens is 2. The van der Waals surface area contributed by atoms with Crippen molar-refractivity contribution in [2.45, 2.75) is 31.7 Å². The lowest BCUT2D eigenvalue weighted by molar-refractivity contribution is -0.144. The lowest BCUT2D eigenvalue weighted by atomic mass is 10.1. The molecule has 1 saturated heterocycles. The van der Waals surface area contributed by atoms with Gasteiger partial charge in [0.05, 0.1) is 0 Å². The normalized spacial score (nSPS) is 33.4. The fourth-order valence-electron chi connectivity index (χ4n) is 2.01. The minimum atomic E-state index is -2.82. The van der Waals surface area contributed by atoms with Gasteiger partial charge in [-0.25, -0.2) is 0 Å². The van der Waals surface area contributed by atoms with E-state index in [9.17, 15) is 13.6 Å². The summed E-state index contributed by atoms with van der Waals surface area (Å²) in [5.41, 5.74) is 0. The molecule has 2 fully saturated rings. The number of fused-ring (bicyclic) bond motifs is 1. The molecule has 12 heavy (non-hydrogen) atoms. The first kappa shape index (κ1) is 7.95. The predicted octanol–water partition coefficient (Wildman–Crippen LogP) is 1.26. The van der Waals surface area contributed by atoms with E-state index >= 15 is 0 Å². The minimum absolute atomic E-state index is 0.153. The molecule has 4 heteroatoms. The van der Waals surface area contributed by atoms with Gasteiger partial charge in [-0.3, -0.25) is 4.79 Å². The molecule has 1 aliphatic heterocycles. The molecule has 2 aliphatic rings. The number of rotatable bonds is 1. The van der Waals surface area contributed by atoms with Crippen LogP contribution in [0.4, 0.5) is 8.78 Å². The average Bonchev–Trinajstić information content (AvgIpc) is 2.80. The van der Waals surface area contributed by atoms with Crippen molar-refractivity contribution in [2.75, 3.05) is 6.54 Å². The molecule has 1 aliphatic carbocycles. The van der Waals surface area contributed by atoms with Crippen molar-refractivity contribution in [1.82, 2.24) is 4.90 Å². The van der Waals surface area contributed by atoms with Crippen molar-refractivity contribution in [3.05, 3.63) is 0 Å². The van der Waals surface area contributed by atoms with Gasteiger partial charge in [-0.15, -0.1) is 0 Å². The van der Waals surface area contributed by atoms with Crippen molar-refractivity contribution in [3.63, 3.8) is 0 Å². The minimum Gasteiger partial charge on any atom is -0.334 e. The van der Waals surface area contributed by atoms with Gasteiger partial charge in [0, 0.05) is 12.6 Å². The molecule has 0 aromatic heterocycles. The number of amides is 1. The first-order chi connectivity index (χ1) is 5.70. The van der Waals surface area contributed by atoms with E-state index in [1.165, 1.54) is 4.90 Å². The van der Waals surface area contributed by atoms with Gasteiger partial charge in [-0.05, 0) is 25.2 Å². The summed E-state index contributed by atoms with van der Waals surface area (Å²) in [5.74, 6) is -0.441. The van der Waals surface area contributed by atoms with Crippen molar-refractivity contribution in [1.29, 1.82) is 0 Å². The largest absolute Gasteiger partial charge is 0.334 e. The molecule has 1 saturated carbocycles. The monoisotopic (exact) mass is 175 g/mol. The summed E-state index contributed by atoms with van der Waals surface area (Å²) in [6, 6.07) is 0.153. The summed E-state index contributed by atoms with van der Waals surface area (Å²) in [6.07, 6.45) is 0.125. The van der Waals surface area contributed by atoms with E-state index in [4.69, 9.17) is 0 Å². The second kappa shape index (κ2) is 2.68. The van der Waals surface area contributed by atoms with E-state index in [1.807, 2.05) is 0 Å². The molecule has 0 radical (unpaired) electrons. The average molecular weight is 175 g/mol. The first-order valence-electron chi connectivity index (χ1n) is 4.29. The molecular weight excluding hydrogens is 164 g/mol. The molecule has 2 atom stereocenters. The van der Waals surface area contributed by atoms with Gasteiger partial charge in [-0.1, -0.05) is 0 Å². The number of nitrogens with zero attached hydrogens (tertiary/aromatic N) is 1. The third-order valence-corrected chi connectivity index (χ3v) is 2.73. The zero-order chi connectivity index (χ0) is 8.72. The summed E-state index contributed by atoms with van der Waals surface area (Å²) >= 11 is 0. The fourth-order valence-corrected chi connectivity index (χ4v) is 2.01. The van der Waals surface area contributed by atoms with Gasteiger partial charge >= 0.3 is 6.43 Å². The number of alkyl halides is 2. The smallest absolute Gasteiger partial charge is 0.315 e. The van der Waals surface area contributed by atoms with Gasteiger partial charge in [0.25, 0.3) is 5.91 Å². The van der Waals surface area contributed by atoms with Gasteiger partial charge in [0.2, 0.25) is 0 Å². The SMILES string of the molecule is O=C(C(F)F)N1CCC[C@@H]2C[C@@H]21. The highest BCUT2D eigenvalue weighted by molar-refractivity contribution is 5.80. The van der Waals surface area contributed by atoms with Crippen molar-refractivity contribution in [2.24, 2.45) is 5.92 Å². The Bertz CT molecular complexity index is 207. The summed E-state index contributed by atoms with van der Waals surface area (Å²) in [5, 5.41) is 0. The highest BCUT2D eigenvalue weighted by Gasteiger charge is 2.47. The third kappa shape index (κ3) is 1.19. The Balaban J connectivity index is 1.99. The number of likely N-dealkylation sites (tertiary alicyclic amines) is 1. The maximum Gasteiger partial charge on any atom is 0.315 e. The fraction of sp³-hybridized carbons (Fsp3) is 0.875. The molecule has 2 rings (SSSR count). The zero-order valence-corrected chi connectivity index (χ0v) is 6.67. The second-order valence-corrected chi connectivity index (χ2v) is 3.54. The molecule has 0 aromatic rings. The third-order valence-electron chi connectivity index (χ3n) is 2.73. The number of carbonyl (C=O) groups is 1. The number of carbonyl (C=O) groups excluding carboxylic acids is 1. The summed E-state index contributed by atoms with van der Waals surface area (Å²) in [7, 11) is 0. The zero-order valence-electron chi connectivity index (χ0n) is 6.67. The molecule has 2 nitrogen and oxygen atoms in total. The van der Waals surface area contributed by atoms with Gasteiger partial charge < -0.3 is 4.90 Å². The van der Waals surface area contributed by atoms with Crippen LogP contribution in [0.25, 0.3) is 0 Å². The molecule has 1 amide bonds. The van der Waals surface area contributed by atoms with Crippen LogP contribution < -0.4 is 0 Å². The van der Waals surface area contributed by atoms with Crippen LogP contribution in [0.3, 0.4) is 0 Å². The Hall–Kier alpha value is -0.670. The first-order valence-corrected chi connectivity index (χ1v) is 4.29. The second-order valence-electron chi connectivity index (χ2n) is 3.54. The molecule has 0 bridgehead atoms. The Morgan fingerprint density at radius 2 is 2.25 bits per heavy atom. The van der Waals surface area contributed by atoms with Crippen LogP contribution in [0.5, 0.6) is 0 Å². The predicted molar refractivity (Wildman–Crippen MR) is 38.8 cm³/mol. The Kier molecular flexibility index (Phi) is 1.77. The summed E-state index contributed by atoms with van der Waals surface area (Å²) in [4.78, 5) is 12.3. The van der Waals surface area contributed by atoms with E-state index in [-0.39, 0.29) is 6.04 Å². The molecule has 0 N–H and O–H groups in total. The van der Waals surface area contributed by atoms with Crippen molar-refractivity contribution in [3.8, 4) is 0 Å². The number of hydrogen-bond acceptors (Lipinski definition) is 1. The Morgan fingerprint density at radius 3 is 2.92 bits per heavy atom. The van der Waals surface area contributed by atoms with Crippen molar-refractivity contribution >= 4 is 5.91 Å². The van der Waals surface area contributed by atoms with Crippen LogP contribution in [-0.4, -0.2) is 29.8 Å². The molecule has 0 unspecified atom stereocenters. The summed E-state index contributed by atoms with van der Waals surface area (Å²) < 4.78 is 24.0. The van der Waals surface area contributed by atoms with Crippen molar-refractivity contribution < 1.29 is 13.6 Å². The van der Waals surface area contributed by atoms with Crippen LogP contribution in [0.2, 0.25) is 0 Å². The van der Waals surface area contributed by atoms with Gasteiger partial charge in [0.1, 0.15) is 0 Å². The van der Waals surface area contributed by atoms with Crippen LogP contribution in [-0.2, 0) is 4.79 Å². The molecule has 0 aromatic carbocycles. The van der Waals surface area contributed by atoms with E-state index in [0.29, 0.717) is 12.5 Å². The van der Waals surface area contributed by atoms with Crippen LogP contribution in [0.15, 0.2) is 0 Å². The van der Waals surface area contributed by atoms with E-state index in [1.54, 1.807) is 0 Å². The van der Waals surface area contributed by atoms with Crippen LogP contribution >= 0.6 is 0 Å². The Labute approximate surface area is 69.5 Å². The van der Waals surface area contributed by atoms with E-state index in [0.717, 1.165) is 19.3 Å². The van der Waals surface area contributed by atoms with Crippen LogP contribution in [0, 0.1) is 5.92 Å². The number of hydrogen-bond donors (Lipinski definition) is 0. The van der Waals surface area contributed by atoms with Crippen LogP contribution in [0.1, 0.15) is 19.3 Å². The molecule has 68 valence electrons. The maximum absolute atomic E-state index is 12.0. The van der Waals surface area contributed by atoms with E-state index < -0.39 is 12.3 Å². The summed E-state index contributed by atoms with van der Waals surface area (Å²) in [6.45, 7) is 0.532. The van der Waals surface area contributed by atoms with E-state index in [2.05, 4.69) is 0 Å². The molecule has 0 spiro atoms. The molecule has 1 heterocycles. The maximum atomic E-state index is 12.0. The lowest BCUT2D eigenvalue weighted by Gasteiger charge is -2.26. The quantitative estimate of drug-likeness (QED) is 0.587. The van der Waals surface area contributed by atoms with Gasteiger partial charge in [0.15, 0.2) is 0 Å². The Morgan fingerprint density at radius 1 is 1.50 bits per heavy atom. The standard InChI is InChI=1S/C8H11F2NO/c9-7(10)8(12)11-3-1-2-5-4-6(5)11/h5-7H,1-4H2/t5-,6+/m1/s1. The number of piperidine rings is 1. The molecular formula is C8H11F2NO. The van der Waals surface area contributed by atoms with Gasteiger partial charge in [-0.2, -0.15) is 8.78 Å². The highest BCUT2D eigenvalue weighted by Crippen LogP contribution is 2.43. The topological polar surface area (TPSA) is 20.3 Å². The highest BCUT2D eigenvalue weighted by atomic mass is 19.3.